The first-order chi connectivity index (χ1) is 15.8. The number of rotatable bonds is 9. The summed E-state index contributed by atoms with van der Waals surface area (Å²) in [5, 5.41) is 2.53. The van der Waals surface area contributed by atoms with Crippen LogP contribution in [0.1, 0.15) is 0 Å². The van der Waals surface area contributed by atoms with E-state index in [9.17, 15) is 18.0 Å². The Labute approximate surface area is 191 Å². The number of likely N-dealkylation sites (N-methyl/N-ethyl adjacent to an activating group) is 1. The second-order valence-electron chi connectivity index (χ2n) is 7.00. The number of carbonyl (C=O) groups is 2. The van der Waals surface area contributed by atoms with Crippen LogP contribution in [0.4, 0.5) is 11.6 Å². The number of aromatic nitrogens is 2. The number of amides is 1. The molecule has 2 aromatic rings. The highest BCUT2D eigenvalue weighted by molar-refractivity contribution is 7.89. The average molecular weight is 480 g/mol. The van der Waals surface area contributed by atoms with Crippen LogP contribution in [0.25, 0.3) is 0 Å². The number of nitrogens with zero attached hydrogens (tertiary/aromatic N) is 4. The number of morpholine rings is 1. The molecule has 1 fully saturated rings. The summed E-state index contributed by atoms with van der Waals surface area (Å²) in [7, 11) is -0.875. The zero-order chi connectivity index (χ0) is 23.8. The van der Waals surface area contributed by atoms with Crippen LogP contribution in [0, 0.1) is 0 Å². The summed E-state index contributed by atoms with van der Waals surface area (Å²) in [6.07, 6.45) is 3.08. The van der Waals surface area contributed by atoms with E-state index in [1.165, 1.54) is 34.5 Å². The smallest absolute Gasteiger partial charge is 0.326 e. The Kier molecular flexibility index (Phi) is 8.14. The topological polar surface area (TPSA) is 140 Å². The standard InChI is InChI=1S/C20H25N5O7S/c1-24(20-21-6-3-7-22-20)13-19(27)32-14-18(26)23-15-4-5-16(30-2)17(12-15)33(28,29)25-8-10-31-11-9-25/h3-7,12H,8-11,13-14H2,1-2H3,(H,23,26). The van der Waals surface area contributed by atoms with Crippen molar-refractivity contribution in [3.63, 3.8) is 0 Å². The fraction of sp³-hybridized carbons (Fsp3) is 0.400. The number of sulfonamides is 1. The molecule has 1 aromatic carbocycles. The maximum atomic E-state index is 13.0. The highest BCUT2D eigenvalue weighted by atomic mass is 32.2. The quantitative estimate of drug-likeness (QED) is 0.493. The molecule has 3 rings (SSSR count). The summed E-state index contributed by atoms with van der Waals surface area (Å²) < 4.78 is 42.8. The van der Waals surface area contributed by atoms with Crippen molar-refractivity contribution in [3.8, 4) is 5.75 Å². The molecule has 1 aromatic heterocycles. The van der Waals surface area contributed by atoms with Gasteiger partial charge in [0.1, 0.15) is 17.2 Å². The molecule has 2 heterocycles. The molecule has 1 amide bonds. The van der Waals surface area contributed by atoms with Crippen LogP contribution in [0.15, 0.2) is 41.6 Å². The third-order valence-electron chi connectivity index (χ3n) is 4.66. The molecule has 1 aliphatic heterocycles. The molecule has 12 nitrogen and oxygen atoms in total. The van der Waals surface area contributed by atoms with Gasteiger partial charge in [-0.2, -0.15) is 4.31 Å². The van der Waals surface area contributed by atoms with E-state index in [4.69, 9.17) is 14.2 Å². The molecule has 0 radical (unpaired) electrons. The van der Waals surface area contributed by atoms with Crippen LogP contribution in [0.5, 0.6) is 5.75 Å². The molecule has 33 heavy (non-hydrogen) atoms. The fourth-order valence-electron chi connectivity index (χ4n) is 3.02. The molecule has 13 heteroatoms. The highest BCUT2D eigenvalue weighted by Crippen LogP contribution is 2.30. The number of anilines is 2. The molecular formula is C20H25N5O7S. The Morgan fingerprint density at radius 1 is 1.21 bits per heavy atom. The number of hydrogen-bond donors (Lipinski definition) is 1. The van der Waals surface area contributed by atoms with Crippen LogP contribution in [0.2, 0.25) is 0 Å². The van der Waals surface area contributed by atoms with Gasteiger partial charge in [-0.15, -0.1) is 0 Å². The predicted octanol–water partition coefficient (Wildman–Crippen LogP) is 0.124. The lowest BCUT2D eigenvalue weighted by molar-refractivity contribution is -0.145. The van der Waals surface area contributed by atoms with Gasteiger partial charge in [0, 0.05) is 38.2 Å². The third kappa shape index (κ3) is 6.37. The largest absolute Gasteiger partial charge is 0.495 e. The number of benzene rings is 1. The van der Waals surface area contributed by atoms with E-state index >= 15 is 0 Å². The second kappa shape index (κ2) is 11.0. The average Bonchev–Trinajstić information content (AvgIpc) is 2.83. The highest BCUT2D eigenvalue weighted by Gasteiger charge is 2.29. The Morgan fingerprint density at radius 2 is 1.91 bits per heavy atom. The maximum Gasteiger partial charge on any atom is 0.326 e. The van der Waals surface area contributed by atoms with E-state index in [2.05, 4.69) is 15.3 Å². The maximum absolute atomic E-state index is 13.0. The van der Waals surface area contributed by atoms with E-state index < -0.39 is 28.5 Å². The van der Waals surface area contributed by atoms with Crippen LogP contribution >= 0.6 is 0 Å². The van der Waals surface area contributed by atoms with Gasteiger partial charge >= 0.3 is 5.97 Å². The molecule has 0 atom stereocenters. The van der Waals surface area contributed by atoms with E-state index in [-0.39, 0.29) is 36.0 Å². The first kappa shape index (κ1) is 24.4. The molecule has 0 spiro atoms. The number of ether oxygens (including phenoxy) is 3. The zero-order valence-corrected chi connectivity index (χ0v) is 19.1. The molecule has 0 unspecified atom stereocenters. The number of hydrogen-bond acceptors (Lipinski definition) is 10. The van der Waals surface area contributed by atoms with Gasteiger partial charge < -0.3 is 24.4 Å². The van der Waals surface area contributed by atoms with Crippen molar-refractivity contribution >= 4 is 33.5 Å². The van der Waals surface area contributed by atoms with Gasteiger partial charge in [-0.3, -0.25) is 9.59 Å². The molecule has 0 saturated carbocycles. The normalized spacial score (nSPS) is 14.4. The van der Waals surface area contributed by atoms with Crippen LogP contribution in [0.3, 0.4) is 0 Å². The molecule has 0 aliphatic carbocycles. The lowest BCUT2D eigenvalue weighted by atomic mass is 10.3. The number of esters is 1. The Balaban J connectivity index is 1.60. The first-order valence-electron chi connectivity index (χ1n) is 10.0. The van der Waals surface area contributed by atoms with Gasteiger partial charge in [-0.1, -0.05) is 0 Å². The van der Waals surface area contributed by atoms with Crippen LogP contribution < -0.4 is 15.0 Å². The monoisotopic (exact) mass is 479 g/mol. The van der Waals surface area contributed by atoms with Crippen molar-refractivity contribution in [2.24, 2.45) is 0 Å². The Morgan fingerprint density at radius 3 is 2.58 bits per heavy atom. The first-order valence-corrected chi connectivity index (χ1v) is 11.4. The summed E-state index contributed by atoms with van der Waals surface area (Å²) >= 11 is 0. The molecular weight excluding hydrogens is 454 g/mol. The van der Waals surface area contributed by atoms with Gasteiger partial charge in [0.05, 0.1) is 20.3 Å². The molecule has 178 valence electrons. The second-order valence-corrected chi connectivity index (χ2v) is 8.90. The minimum atomic E-state index is -3.85. The summed E-state index contributed by atoms with van der Waals surface area (Å²) in [5.41, 5.74) is 0.221. The molecule has 1 N–H and O–H groups in total. The van der Waals surface area contributed by atoms with Gasteiger partial charge in [-0.05, 0) is 24.3 Å². The lowest BCUT2D eigenvalue weighted by Crippen LogP contribution is -2.40. The molecule has 0 bridgehead atoms. The van der Waals surface area contributed by atoms with Crippen molar-refractivity contribution in [2.45, 2.75) is 4.90 Å². The predicted molar refractivity (Wildman–Crippen MR) is 117 cm³/mol. The van der Waals surface area contributed by atoms with Gasteiger partial charge in [-0.25, -0.2) is 18.4 Å². The van der Waals surface area contributed by atoms with E-state index in [0.717, 1.165) is 0 Å². The summed E-state index contributed by atoms with van der Waals surface area (Å²) in [4.78, 5) is 33.7. The zero-order valence-electron chi connectivity index (χ0n) is 18.3. The van der Waals surface area contributed by atoms with Crippen LogP contribution in [-0.2, 0) is 29.1 Å². The summed E-state index contributed by atoms with van der Waals surface area (Å²) in [5.74, 6) is -0.782. The van der Waals surface area contributed by atoms with E-state index in [0.29, 0.717) is 19.2 Å². The molecule has 1 saturated heterocycles. The van der Waals surface area contributed by atoms with E-state index in [1.807, 2.05) is 0 Å². The van der Waals surface area contributed by atoms with Crippen molar-refractivity contribution < 1.29 is 32.2 Å². The van der Waals surface area contributed by atoms with Gasteiger partial charge in [0.2, 0.25) is 16.0 Å². The third-order valence-corrected chi connectivity index (χ3v) is 6.58. The number of nitrogens with one attached hydrogen (secondary N) is 1. The van der Waals surface area contributed by atoms with Crippen molar-refractivity contribution in [3.05, 3.63) is 36.7 Å². The van der Waals surface area contributed by atoms with Crippen molar-refractivity contribution in [1.29, 1.82) is 0 Å². The van der Waals surface area contributed by atoms with E-state index in [1.54, 1.807) is 25.5 Å². The summed E-state index contributed by atoms with van der Waals surface area (Å²) in [6, 6.07) is 5.90. The van der Waals surface area contributed by atoms with Crippen molar-refractivity contribution in [2.75, 3.05) is 63.8 Å². The Hall–Kier alpha value is -3.29. The van der Waals surface area contributed by atoms with Crippen molar-refractivity contribution in [1.82, 2.24) is 14.3 Å². The minimum absolute atomic E-state index is 0.0776. The summed E-state index contributed by atoms with van der Waals surface area (Å²) in [6.45, 7) is 0.354. The fourth-order valence-corrected chi connectivity index (χ4v) is 4.61. The van der Waals surface area contributed by atoms with Gasteiger partial charge in [0.15, 0.2) is 6.61 Å². The minimum Gasteiger partial charge on any atom is -0.495 e. The Bertz CT molecular complexity index is 1080. The number of carbonyl (C=O) groups excluding carboxylic acids is 2. The van der Waals surface area contributed by atoms with Crippen LogP contribution in [-0.4, -0.2) is 88.2 Å². The SMILES string of the molecule is COc1ccc(NC(=O)COC(=O)CN(C)c2ncccn2)cc1S(=O)(=O)N1CCOCC1. The molecule has 1 aliphatic rings. The number of methoxy groups -OCH3 is 1. The van der Waals surface area contributed by atoms with Gasteiger partial charge in [0.25, 0.3) is 5.91 Å². The lowest BCUT2D eigenvalue weighted by Gasteiger charge is -2.26.